The van der Waals surface area contributed by atoms with Gasteiger partial charge in [0.25, 0.3) is 0 Å². The number of likely N-dealkylation sites (tertiary alicyclic amines) is 1. The first-order valence-electron chi connectivity index (χ1n) is 10.4. The predicted octanol–water partition coefficient (Wildman–Crippen LogP) is 3.96. The number of amides is 1. The zero-order chi connectivity index (χ0) is 22.9. The molecule has 7 nitrogen and oxygen atoms in total. The molecule has 0 spiro atoms. The maximum absolute atomic E-state index is 13.2. The number of methoxy groups -OCH3 is 1. The van der Waals surface area contributed by atoms with Gasteiger partial charge in [-0.05, 0) is 62.7 Å². The topological polar surface area (TPSA) is 71.8 Å². The lowest BCUT2D eigenvalue weighted by atomic mass is 9.96. The van der Waals surface area contributed by atoms with Crippen LogP contribution < -0.4 is 10.1 Å². The molecule has 3 heterocycles. The van der Waals surface area contributed by atoms with E-state index in [2.05, 4.69) is 15.5 Å². The molecule has 1 aromatic carbocycles. The van der Waals surface area contributed by atoms with Crippen LogP contribution in [0, 0.1) is 0 Å². The molecule has 1 aliphatic heterocycles. The smallest absolute Gasteiger partial charge is 0.417 e. The second-order valence-corrected chi connectivity index (χ2v) is 7.93. The fraction of sp³-hybridized carbons (Fsp3) is 0.409. The van der Waals surface area contributed by atoms with E-state index in [1.54, 1.807) is 31.4 Å². The molecule has 1 fully saturated rings. The zero-order valence-electron chi connectivity index (χ0n) is 17.8. The molecule has 0 bridgehead atoms. The molecule has 1 saturated heterocycles. The summed E-state index contributed by atoms with van der Waals surface area (Å²) in [5, 5.41) is 11.1. The minimum Gasteiger partial charge on any atom is -0.497 e. The number of hydrogen-bond donors (Lipinski definition) is 1. The standard InChI is InChI=1S/C22H24F3N5O2/c1-14(21(31)26-17-6-8-18(32-2)9-7-17)29-11-3-4-15(12-29)20-28-27-19-10-5-16(13-30(19)20)22(23,24)25/h5-10,13-15H,3-4,11-12H2,1-2H3,(H,26,31). The van der Waals surface area contributed by atoms with E-state index >= 15 is 0 Å². The Morgan fingerprint density at radius 1 is 1.19 bits per heavy atom. The fourth-order valence-corrected chi connectivity index (χ4v) is 4.01. The molecule has 2 unspecified atom stereocenters. The molecule has 1 amide bonds. The van der Waals surface area contributed by atoms with Crippen LogP contribution in [-0.4, -0.2) is 51.6 Å². The lowest BCUT2D eigenvalue weighted by Crippen LogP contribution is -2.46. The first kappa shape index (κ1) is 22.1. The van der Waals surface area contributed by atoms with Crippen molar-refractivity contribution in [1.29, 1.82) is 0 Å². The summed E-state index contributed by atoms with van der Waals surface area (Å²) >= 11 is 0. The summed E-state index contributed by atoms with van der Waals surface area (Å²) in [6.07, 6.45) is -1.83. The Morgan fingerprint density at radius 2 is 1.94 bits per heavy atom. The number of nitrogens with one attached hydrogen (secondary N) is 1. The summed E-state index contributed by atoms with van der Waals surface area (Å²) in [5.41, 5.74) is 0.292. The number of carbonyl (C=O) groups excluding carboxylic acids is 1. The molecule has 1 N–H and O–H groups in total. The van der Waals surface area contributed by atoms with Crippen molar-refractivity contribution in [3.63, 3.8) is 0 Å². The number of piperidine rings is 1. The van der Waals surface area contributed by atoms with Gasteiger partial charge in [0.2, 0.25) is 5.91 Å². The van der Waals surface area contributed by atoms with Gasteiger partial charge in [-0.2, -0.15) is 13.2 Å². The second-order valence-electron chi connectivity index (χ2n) is 7.93. The third-order valence-corrected chi connectivity index (χ3v) is 5.86. The minimum atomic E-state index is -4.44. The van der Waals surface area contributed by atoms with Gasteiger partial charge in [0.05, 0.1) is 18.7 Å². The Bertz CT molecular complexity index is 1100. The van der Waals surface area contributed by atoms with E-state index in [4.69, 9.17) is 4.74 Å². The summed E-state index contributed by atoms with van der Waals surface area (Å²) < 4.78 is 46.0. The van der Waals surface area contributed by atoms with Crippen LogP contribution in [0.25, 0.3) is 5.65 Å². The van der Waals surface area contributed by atoms with Crippen LogP contribution in [0.3, 0.4) is 0 Å². The Balaban J connectivity index is 1.48. The normalized spacial score (nSPS) is 18.5. The number of hydrogen-bond acceptors (Lipinski definition) is 5. The number of rotatable bonds is 5. The third kappa shape index (κ3) is 4.55. The van der Waals surface area contributed by atoms with Gasteiger partial charge in [-0.25, -0.2) is 0 Å². The fourth-order valence-electron chi connectivity index (χ4n) is 4.01. The molecule has 10 heteroatoms. The number of aromatic nitrogens is 3. The summed E-state index contributed by atoms with van der Waals surface area (Å²) in [6, 6.07) is 8.99. The van der Waals surface area contributed by atoms with Crippen molar-refractivity contribution in [2.24, 2.45) is 0 Å². The molecule has 2 atom stereocenters. The number of pyridine rings is 1. The summed E-state index contributed by atoms with van der Waals surface area (Å²) in [6.45, 7) is 3.05. The van der Waals surface area contributed by atoms with Gasteiger partial charge < -0.3 is 10.1 Å². The molecule has 4 rings (SSSR count). The average Bonchev–Trinajstić information content (AvgIpc) is 3.22. The third-order valence-electron chi connectivity index (χ3n) is 5.86. The number of ether oxygens (including phenoxy) is 1. The molecule has 32 heavy (non-hydrogen) atoms. The molecule has 0 saturated carbocycles. The van der Waals surface area contributed by atoms with Crippen LogP contribution in [0.1, 0.15) is 37.1 Å². The van der Waals surface area contributed by atoms with Gasteiger partial charge in [-0.15, -0.1) is 10.2 Å². The SMILES string of the molecule is COc1ccc(NC(=O)C(C)N2CCCC(c3nnc4ccc(C(F)(F)F)cn34)C2)cc1. The maximum atomic E-state index is 13.2. The second kappa shape index (κ2) is 8.78. The van der Waals surface area contributed by atoms with Crippen LogP contribution in [0.4, 0.5) is 18.9 Å². The van der Waals surface area contributed by atoms with Crippen LogP contribution in [-0.2, 0) is 11.0 Å². The average molecular weight is 447 g/mol. The molecule has 0 aliphatic carbocycles. The Kier molecular flexibility index (Phi) is 6.05. The van der Waals surface area contributed by atoms with E-state index in [0.717, 1.165) is 31.6 Å². The predicted molar refractivity (Wildman–Crippen MR) is 113 cm³/mol. The molecule has 2 aromatic heterocycles. The largest absolute Gasteiger partial charge is 0.497 e. The number of alkyl halides is 3. The molecule has 3 aromatic rings. The Morgan fingerprint density at radius 3 is 2.62 bits per heavy atom. The van der Waals surface area contributed by atoms with Crippen molar-refractivity contribution in [1.82, 2.24) is 19.5 Å². The van der Waals surface area contributed by atoms with Crippen molar-refractivity contribution in [3.05, 3.63) is 54.0 Å². The number of nitrogens with zero attached hydrogens (tertiary/aromatic N) is 4. The van der Waals surface area contributed by atoms with Crippen molar-refractivity contribution < 1.29 is 22.7 Å². The van der Waals surface area contributed by atoms with E-state index in [9.17, 15) is 18.0 Å². The number of fused-ring (bicyclic) bond motifs is 1. The van der Waals surface area contributed by atoms with E-state index in [1.165, 1.54) is 10.5 Å². The first-order valence-corrected chi connectivity index (χ1v) is 10.4. The summed E-state index contributed by atoms with van der Waals surface area (Å²) in [4.78, 5) is 14.8. The van der Waals surface area contributed by atoms with Crippen LogP contribution in [0.15, 0.2) is 42.6 Å². The van der Waals surface area contributed by atoms with Gasteiger partial charge in [0, 0.05) is 24.3 Å². The van der Waals surface area contributed by atoms with Crippen LogP contribution in [0.5, 0.6) is 5.75 Å². The quantitative estimate of drug-likeness (QED) is 0.641. The van der Waals surface area contributed by atoms with E-state index in [-0.39, 0.29) is 11.8 Å². The molecule has 1 aliphatic rings. The zero-order valence-corrected chi connectivity index (χ0v) is 17.8. The van der Waals surface area contributed by atoms with Crippen LogP contribution in [0.2, 0.25) is 0 Å². The monoisotopic (exact) mass is 447 g/mol. The van der Waals surface area contributed by atoms with Crippen molar-refractivity contribution >= 4 is 17.2 Å². The number of benzene rings is 1. The number of carbonyl (C=O) groups is 1. The van der Waals surface area contributed by atoms with Gasteiger partial charge in [-0.3, -0.25) is 14.1 Å². The lowest BCUT2D eigenvalue weighted by molar-refractivity contribution is -0.137. The molecular weight excluding hydrogens is 423 g/mol. The van der Waals surface area contributed by atoms with E-state index in [0.29, 0.717) is 29.5 Å². The highest BCUT2D eigenvalue weighted by molar-refractivity contribution is 5.94. The highest BCUT2D eigenvalue weighted by Gasteiger charge is 2.33. The highest BCUT2D eigenvalue weighted by Crippen LogP contribution is 2.32. The van der Waals surface area contributed by atoms with Gasteiger partial charge in [0.1, 0.15) is 11.6 Å². The van der Waals surface area contributed by atoms with Gasteiger partial charge in [0.15, 0.2) is 5.65 Å². The molecule has 0 radical (unpaired) electrons. The molecular formula is C22H24F3N5O2. The number of anilines is 1. The molecule has 170 valence electrons. The van der Waals surface area contributed by atoms with Crippen molar-refractivity contribution in [2.75, 3.05) is 25.5 Å². The number of halogens is 3. The Labute approximate surface area is 183 Å². The van der Waals surface area contributed by atoms with Crippen LogP contribution >= 0.6 is 0 Å². The van der Waals surface area contributed by atoms with Crippen molar-refractivity contribution in [3.8, 4) is 5.75 Å². The summed E-state index contributed by atoms with van der Waals surface area (Å²) in [5.74, 6) is 0.905. The summed E-state index contributed by atoms with van der Waals surface area (Å²) in [7, 11) is 1.57. The maximum Gasteiger partial charge on any atom is 0.417 e. The first-order chi connectivity index (χ1) is 15.3. The van der Waals surface area contributed by atoms with Crippen molar-refractivity contribution in [2.45, 2.75) is 37.9 Å². The van der Waals surface area contributed by atoms with E-state index in [1.807, 2.05) is 11.8 Å². The van der Waals surface area contributed by atoms with Gasteiger partial charge >= 0.3 is 6.18 Å². The minimum absolute atomic E-state index is 0.126. The lowest BCUT2D eigenvalue weighted by Gasteiger charge is -2.35. The van der Waals surface area contributed by atoms with E-state index < -0.39 is 17.8 Å². The van der Waals surface area contributed by atoms with Gasteiger partial charge in [-0.1, -0.05) is 0 Å². The highest BCUT2D eigenvalue weighted by atomic mass is 19.4. The Hall–Kier alpha value is -3.14.